The number of amides is 3. The van der Waals surface area contributed by atoms with Gasteiger partial charge in [-0.05, 0) is 47.2 Å². The molecule has 1 saturated heterocycles. The predicted octanol–water partition coefficient (Wildman–Crippen LogP) is 3.49. The molecule has 1 aliphatic heterocycles. The molecule has 7 nitrogen and oxygen atoms in total. The molecule has 2 fully saturated rings. The fourth-order valence-corrected chi connectivity index (χ4v) is 4.71. The minimum Gasteiger partial charge on any atom is -0.467 e. The zero-order valence-corrected chi connectivity index (χ0v) is 18.1. The molecule has 160 valence electrons. The van der Waals surface area contributed by atoms with Gasteiger partial charge in [0.05, 0.1) is 36.5 Å². The van der Waals surface area contributed by atoms with Gasteiger partial charge in [0, 0.05) is 5.92 Å². The van der Waals surface area contributed by atoms with Crippen LogP contribution < -0.4 is 4.90 Å². The molecule has 0 bridgehead atoms. The highest BCUT2D eigenvalue weighted by atomic mass is 16.3. The summed E-state index contributed by atoms with van der Waals surface area (Å²) in [5.41, 5.74) is 0.426. The summed E-state index contributed by atoms with van der Waals surface area (Å²) in [4.78, 5) is 42.3. The number of nitrogens with zero attached hydrogens (tertiary/aromatic N) is 3. The van der Waals surface area contributed by atoms with Crippen LogP contribution in [-0.2, 0) is 20.9 Å². The lowest BCUT2D eigenvalue weighted by Crippen LogP contribution is -2.46. The Balaban J connectivity index is 1.65. The van der Waals surface area contributed by atoms with E-state index < -0.39 is 11.9 Å². The maximum absolute atomic E-state index is 13.6. The van der Waals surface area contributed by atoms with Crippen LogP contribution in [0.5, 0.6) is 0 Å². The minimum atomic E-state index is -0.895. The lowest BCUT2D eigenvalue weighted by Gasteiger charge is -2.28. The molecular formula is C24H25N3O4. The van der Waals surface area contributed by atoms with Crippen LogP contribution in [0.25, 0.3) is 0 Å². The maximum atomic E-state index is 13.6. The van der Waals surface area contributed by atoms with E-state index in [4.69, 9.17) is 9.68 Å². The van der Waals surface area contributed by atoms with Crippen molar-refractivity contribution in [3.05, 3.63) is 54.0 Å². The third-order valence-corrected chi connectivity index (χ3v) is 7.21. The molecule has 2 aliphatic rings. The van der Waals surface area contributed by atoms with Gasteiger partial charge in [-0.1, -0.05) is 27.7 Å². The highest BCUT2D eigenvalue weighted by Crippen LogP contribution is 2.69. The fourth-order valence-electron chi connectivity index (χ4n) is 4.71. The number of imide groups is 1. The largest absolute Gasteiger partial charge is 0.467 e. The number of benzene rings is 1. The molecule has 0 N–H and O–H groups in total. The third-order valence-electron chi connectivity index (χ3n) is 7.21. The molecule has 3 amide bonds. The first-order chi connectivity index (χ1) is 14.6. The lowest BCUT2D eigenvalue weighted by atomic mass is 10.0. The number of carbonyl (C=O) groups excluding carboxylic acids is 3. The van der Waals surface area contributed by atoms with E-state index in [1.165, 1.54) is 11.2 Å². The van der Waals surface area contributed by atoms with Crippen molar-refractivity contribution >= 4 is 23.4 Å². The van der Waals surface area contributed by atoms with Crippen LogP contribution in [0.4, 0.5) is 5.69 Å². The smallest absolute Gasteiger partial charge is 0.257 e. The molecule has 1 aromatic carbocycles. The Morgan fingerprint density at radius 2 is 1.81 bits per heavy atom. The van der Waals surface area contributed by atoms with Crippen LogP contribution in [0, 0.1) is 28.1 Å². The van der Waals surface area contributed by atoms with Gasteiger partial charge in [0.25, 0.3) is 5.91 Å². The number of anilines is 1. The molecule has 1 aromatic heterocycles. The summed E-state index contributed by atoms with van der Waals surface area (Å²) in [5, 5.41) is 8.99. The second-order valence-electron chi connectivity index (χ2n) is 9.37. The first-order valence-corrected chi connectivity index (χ1v) is 10.3. The van der Waals surface area contributed by atoms with E-state index in [0.29, 0.717) is 17.0 Å². The Kier molecular flexibility index (Phi) is 4.77. The summed E-state index contributed by atoms with van der Waals surface area (Å²) >= 11 is 0. The number of hydrogen-bond donors (Lipinski definition) is 0. The standard InChI is InChI=1S/C24H25N3O4/c1-23(2)20(24(23,3)4)22(30)26(14-17-6-5-11-31-17)18-12-19(28)27(21(18)29)16-9-7-15(13-25)8-10-16/h5-11,18,20H,12,14H2,1-4H3. The van der Waals surface area contributed by atoms with Crippen LogP contribution in [0.1, 0.15) is 45.4 Å². The zero-order chi connectivity index (χ0) is 22.6. The Morgan fingerprint density at radius 1 is 1.16 bits per heavy atom. The molecule has 2 heterocycles. The quantitative estimate of drug-likeness (QED) is 0.692. The van der Waals surface area contributed by atoms with Crippen LogP contribution in [-0.4, -0.2) is 28.7 Å². The van der Waals surface area contributed by atoms with E-state index in [0.717, 1.165) is 4.90 Å². The van der Waals surface area contributed by atoms with E-state index >= 15 is 0 Å². The SMILES string of the molecule is CC1(C)C(C(=O)N(Cc2ccco2)C2CC(=O)N(c3ccc(C#N)cc3)C2=O)C1(C)C. The summed E-state index contributed by atoms with van der Waals surface area (Å²) in [5.74, 6) is -0.639. The number of hydrogen-bond acceptors (Lipinski definition) is 5. The summed E-state index contributed by atoms with van der Waals surface area (Å²) in [6.45, 7) is 8.31. The van der Waals surface area contributed by atoms with Gasteiger partial charge in [0.1, 0.15) is 11.8 Å². The van der Waals surface area contributed by atoms with Crippen molar-refractivity contribution in [3.63, 3.8) is 0 Å². The molecule has 7 heteroatoms. The second-order valence-corrected chi connectivity index (χ2v) is 9.37. The Morgan fingerprint density at radius 3 is 2.32 bits per heavy atom. The van der Waals surface area contributed by atoms with Crippen LogP contribution >= 0.6 is 0 Å². The van der Waals surface area contributed by atoms with E-state index in [9.17, 15) is 14.4 Å². The molecular weight excluding hydrogens is 394 g/mol. The molecule has 0 radical (unpaired) electrons. The molecule has 31 heavy (non-hydrogen) atoms. The van der Waals surface area contributed by atoms with E-state index in [1.54, 1.807) is 36.4 Å². The second kappa shape index (κ2) is 7.09. The van der Waals surface area contributed by atoms with Crippen molar-refractivity contribution in [1.29, 1.82) is 5.26 Å². The maximum Gasteiger partial charge on any atom is 0.257 e. The number of rotatable bonds is 5. The third kappa shape index (κ3) is 3.23. The highest BCUT2D eigenvalue weighted by molar-refractivity contribution is 6.23. The first kappa shape index (κ1) is 20.9. The van der Waals surface area contributed by atoms with Gasteiger partial charge < -0.3 is 9.32 Å². The predicted molar refractivity (Wildman–Crippen MR) is 112 cm³/mol. The molecule has 1 atom stereocenters. The number of nitriles is 1. The fraction of sp³-hybridized carbons (Fsp3) is 0.417. The molecule has 1 aliphatic carbocycles. The van der Waals surface area contributed by atoms with Crippen LogP contribution in [0.2, 0.25) is 0 Å². The summed E-state index contributed by atoms with van der Waals surface area (Å²) in [6, 6.07) is 10.9. The minimum absolute atomic E-state index is 0.0845. The van der Waals surface area contributed by atoms with Gasteiger partial charge in [-0.25, -0.2) is 4.90 Å². The Bertz CT molecular complexity index is 1060. The van der Waals surface area contributed by atoms with E-state index in [2.05, 4.69) is 0 Å². The van der Waals surface area contributed by atoms with Crippen LogP contribution in [0.15, 0.2) is 47.1 Å². The Hall–Kier alpha value is -3.40. The normalized spacial score (nSPS) is 21.8. The van der Waals surface area contributed by atoms with Gasteiger partial charge >= 0.3 is 0 Å². The molecule has 1 saturated carbocycles. The van der Waals surface area contributed by atoms with E-state index in [-0.39, 0.29) is 41.5 Å². The first-order valence-electron chi connectivity index (χ1n) is 10.3. The van der Waals surface area contributed by atoms with E-state index in [1.807, 2.05) is 33.8 Å². The topological polar surface area (TPSA) is 94.6 Å². The zero-order valence-electron chi connectivity index (χ0n) is 18.1. The molecule has 4 rings (SSSR count). The van der Waals surface area contributed by atoms with Crippen molar-refractivity contribution in [2.45, 2.75) is 46.7 Å². The van der Waals surface area contributed by atoms with Crippen molar-refractivity contribution in [2.24, 2.45) is 16.7 Å². The van der Waals surface area contributed by atoms with Gasteiger partial charge in [-0.2, -0.15) is 5.26 Å². The average molecular weight is 419 g/mol. The van der Waals surface area contributed by atoms with Crippen molar-refractivity contribution < 1.29 is 18.8 Å². The van der Waals surface area contributed by atoms with Crippen molar-refractivity contribution in [2.75, 3.05) is 4.90 Å². The van der Waals surface area contributed by atoms with Gasteiger partial charge in [0.2, 0.25) is 11.8 Å². The van der Waals surface area contributed by atoms with Crippen LogP contribution in [0.3, 0.4) is 0 Å². The van der Waals surface area contributed by atoms with Crippen molar-refractivity contribution in [3.8, 4) is 6.07 Å². The molecule has 1 unspecified atom stereocenters. The number of carbonyl (C=O) groups is 3. The lowest BCUT2D eigenvalue weighted by molar-refractivity contribution is -0.141. The monoisotopic (exact) mass is 419 g/mol. The molecule has 0 spiro atoms. The molecule has 2 aromatic rings. The summed E-state index contributed by atoms with van der Waals surface area (Å²) < 4.78 is 5.44. The average Bonchev–Trinajstić information content (AvgIpc) is 3.15. The van der Waals surface area contributed by atoms with Gasteiger partial charge in [0.15, 0.2) is 0 Å². The van der Waals surface area contributed by atoms with Crippen molar-refractivity contribution in [1.82, 2.24) is 4.90 Å². The summed E-state index contributed by atoms with van der Waals surface area (Å²) in [6.07, 6.45) is 1.44. The van der Waals surface area contributed by atoms with Gasteiger partial charge in [-0.3, -0.25) is 14.4 Å². The summed E-state index contributed by atoms with van der Waals surface area (Å²) in [7, 11) is 0. The highest BCUT2D eigenvalue weighted by Gasteiger charge is 2.69. The van der Waals surface area contributed by atoms with Gasteiger partial charge in [-0.15, -0.1) is 0 Å². The Labute approximate surface area is 181 Å². The number of furan rings is 1.